The highest BCUT2D eigenvalue weighted by Crippen LogP contribution is 2.19. The molecular formula is C26H29N3O3. The van der Waals surface area contributed by atoms with Gasteiger partial charge in [0.05, 0.1) is 6.26 Å². The van der Waals surface area contributed by atoms with Crippen LogP contribution in [0, 0.1) is 0 Å². The van der Waals surface area contributed by atoms with Crippen LogP contribution >= 0.6 is 0 Å². The molecule has 0 radical (unpaired) electrons. The van der Waals surface area contributed by atoms with Crippen LogP contribution in [0.3, 0.4) is 0 Å². The molecule has 1 aromatic heterocycles. The van der Waals surface area contributed by atoms with Crippen LogP contribution in [0.5, 0.6) is 0 Å². The molecule has 1 unspecified atom stereocenters. The lowest BCUT2D eigenvalue weighted by atomic mass is 10.0. The number of furan rings is 1. The number of carbonyl (C=O) groups excluding carboxylic acids is 2. The zero-order valence-corrected chi connectivity index (χ0v) is 18.3. The average Bonchev–Trinajstić information content (AvgIpc) is 3.36. The van der Waals surface area contributed by atoms with E-state index in [2.05, 4.69) is 46.7 Å². The summed E-state index contributed by atoms with van der Waals surface area (Å²) in [5.41, 5.74) is 3.51. The highest BCUT2D eigenvalue weighted by molar-refractivity contribution is 6.02. The average molecular weight is 432 g/mol. The highest BCUT2D eigenvalue weighted by Gasteiger charge is 2.18. The summed E-state index contributed by atoms with van der Waals surface area (Å²) in [7, 11) is 0. The van der Waals surface area contributed by atoms with Gasteiger partial charge in [-0.25, -0.2) is 0 Å². The second-order valence-corrected chi connectivity index (χ2v) is 8.32. The molecule has 2 heterocycles. The lowest BCUT2D eigenvalue weighted by Gasteiger charge is -2.33. The largest absolute Gasteiger partial charge is 0.459 e. The minimum Gasteiger partial charge on any atom is -0.459 e. The number of benzene rings is 2. The van der Waals surface area contributed by atoms with E-state index >= 15 is 0 Å². The summed E-state index contributed by atoms with van der Waals surface area (Å²) in [6.45, 7) is 4.93. The van der Waals surface area contributed by atoms with Gasteiger partial charge in [-0.3, -0.25) is 14.5 Å². The molecule has 166 valence electrons. The Balaban J connectivity index is 1.26. The SMILES string of the molecule is CC1CCCCN1Cc1ccc(CNC(=O)c2ccc(NC(=O)c3ccco3)cc2)cc1. The van der Waals surface area contributed by atoms with Crippen molar-refractivity contribution in [3.8, 4) is 0 Å². The number of nitrogens with one attached hydrogen (secondary N) is 2. The van der Waals surface area contributed by atoms with Crippen molar-refractivity contribution in [3.63, 3.8) is 0 Å². The monoisotopic (exact) mass is 431 g/mol. The fourth-order valence-corrected chi connectivity index (χ4v) is 3.98. The molecule has 1 aliphatic rings. The Morgan fingerprint density at radius 3 is 2.41 bits per heavy atom. The molecule has 1 fully saturated rings. The van der Waals surface area contributed by atoms with Crippen LogP contribution < -0.4 is 10.6 Å². The molecule has 0 aliphatic carbocycles. The normalized spacial score (nSPS) is 16.5. The minimum atomic E-state index is -0.328. The molecule has 3 aromatic rings. The van der Waals surface area contributed by atoms with Gasteiger partial charge in [0.15, 0.2) is 5.76 Å². The number of carbonyl (C=O) groups is 2. The van der Waals surface area contributed by atoms with E-state index in [0.717, 1.165) is 12.1 Å². The van der Waals surface area contributed by atoms with Gasteiger partial charge in [-0.1, -0.05) is 30.7 Å². The zero-order chi connectivity index (χ0) is 22.3. The number of hydrogen-bond acceptors (Lipinski definition) is 4. The van der Waals surface area contributed by atoms with Crippen molar-refractivity contribution >= 4 is 17.5 Å². The summed E-state index contributed by atoms with van der Waals surface area (Å²) in [5.74, 6) is -0.242. The van der Waals surface area contributed by atoms with Gasteiger partial charge < -0.3 is 15.1 Å². The molecule has 6 nitrogen and oxygen atoms in total. The van der Waals surface area contributed by atoms with Crippen LogP contribution in [0.4, 0.5) is 5.69 Å². The third-order valence-corrected chi connectivity index (χ3v) is 5.95. The lowest BCUT2D eigenvalue weighted by molar-refractivity contribution is 0.0950. The quantitative estimate of drug-likeness (QED) is 0.562. The van der Waals surface area contributed by atoms with Crippen LogP contribution in [-0.2, 0) is 13.1 Å². The Hall–Kier alpha value is -3.38. The van der Waals surface area contributed by atoms with Crippen LogP contribution in [0.25, 0.3) is 0 Å². The van der Waals surface area contributed by atoms with Gasteiger partial charge in [0.2, 0.25) is 0 Å². The number of hydrogen-bond donors (Lipinski definition) is 2. The number of piperidine rings is 1. The van der Waals surface area contributed by atoms with E-state index in [1.807, 2.05) is 0 Å². The van der Waals surface area contributed by atoms with Gasteiger partial charge in [0.25, 0.3) is 11.8 Å². The standard InChI is InChI=1S/C26H29N3O3/c1-19-5-2-3-15-29(19)18-21-9-7-20(8-10-21)17-27-25(30)22-11-13-23(14-12-22)28-26(31)24-6-4-16-32-24/h4,6-14,16,19H,2-3,5,15,17-18H2,1H3,(H,27,30)(H,28,31). The maximum absolute atomic E-state index is 12.5. The smallest absolute Gasteiger partial charge is 0.291 e. The van der Waals surface area contributed by atoms with Crippen molar-refractivity contribution in [2.45, 2.75) is 45.3 Å². The summed E-state index contributed by atoms with van der Waals surface area (Å²) in [5, 5.41) is 5.69. The first-order valence-corrected chi connectivity index (χ1v) is 11.1. The summed E-state index contributed by atoms with van der Waals surface area (Å²) in [6.07, 6.45) is 5.34. The van der Waals surface area contributed by atoms with Crippen molar-refractivity contribution in [2.75, 3.05) is 11.9 Å². The summed E-state index contributed by atoms with van der Waals surface area (Å²) >= 11 is 0. The number of anilines is 1. The van der Waals surface area contributed by atoms with Crippen molar-refractivity contribution in [1.82, 2.24) is 10.2 Å². The summed E-state index contributed by atoms with van der Waals surface area (Å²) in [6, 6.07) is 19.1. The van der Waals surface area contributed by atoms with Gasteiger partial charge in [-0.15, -0.1) is 0 Å². The van der Waals surface area contributed by atoms with Crippen molar-refractivity contribution in [3.05, 3.63) is 89.4 Å². The Kier molecular flexibility index (Phi) is 7.02. The van der Waals surface area contributed by atoms with E-state index in [9.17, 15) is 9.59 Å². The predicted molar refractivity (Wildman–Crippen MR) is 124 cm³/mol. The third-order valence-electron chi connectivity index (χ3n) is 5.95. The van der Waals surface area contributed by atoms with E-state index in [1.54, 1.807) is 36.4 Å². The second kappa shape index (κ2) is 10.3. The van der Waals surface area contributed by atoms with E-state index in [1.165, 1.54) is 37.6 Å². The van der Waals surface area contributed by atoms with Gasteiger partial charge in [-0.05, 0) is 73.8 Å². The molecular weight excluding hydrogens is 402 g/mol. The molecule has 2 amide bonds. The maximum Gasteiger partial charge on any atom is 0.291 e. The molecule has 4 rings (SSSR count). The van der Waals surface area contributed by atoms with E-state index in [-0.39, 0.29) is 17.6 Å². The van der Waals surface area contributed by atoms with Crippen LogP contribution in [0.15, 0.2) is 71.3 Å². The van der Waals surface area contributed by atoms with Gasteiger partial charge in [0.1, 0.15) is 0 Å². The molecule has 2 N–H and O–H groups in total. The number of amides is 2. The molecule has 6 heteroatoms. The molecule has 1 atom stereocenters. The first-order valence-electron chi connectivity index (χ1n) is 11.1. The topological polar surface area (TPSA) is 74.6 Å². The van der Waals surface area contributed by atoms with E-state index in [4.69, 9.17) is 4.42 Å². The van der Waals surface area contributed by atoms with E-state index < -0.39 is 0 Å². The zero-order valence-electron chi connectivity index (χ0n) is 18.3. The van der Waals surface area contributed by atoms with Crippen LogP contribution in [0.1, 0.15) is 58.2 Å². The van der Waals surface area contributed by atoms with Crippen molar-refractivity contribution < 1.29 is 14.0 Å². The number of nitrogens with zero attached hydrogens (tertiary/aromatic N) is 1. The summed E-state index contributed by atoms with van der Waals surface area (Å²) < 4.78 is 5.07. The molecule has 2 aromatic carbocycles. The second-order valence-electron chi connectivity index (χ2n) is 8.32. The minimum absolute atomic E-state index is 0.153. The Morgan fingerprint density at radius 1 is 0.969 bits per heavy atom. The molecule has 1 saturated heterocycles. The third kappa shape index (κ3) is 5.65. The van der Waals surface area contributed by atoms with Crippen molar-refractivity contribution in [2.24, 2.45) is 0 Å². The molecule has 0 bridgehead atoms. The fraction of sp³-hybridized carbons (Fsp3) is 0.308. The summed E-state index contributed by atoms with van der Waals surface area (Å²) in [4.78, 5) is 27.0. The van der Waals surface area contributed by atoms with Crippen LogP contribution in [-0.4, -0.2) is 29.3 Å². The van der Waals surface area contributed by atoms with Crippen molar-refractivity contribution in [1.29, 1.82) is 0 Å². The predicted octanol–water partition coefficient (Wildman–Crippen LogP) is 4.84. The molecule has 1 aliphatic heterocycles. The first kappa shape index (κ1) is 21.8. The Morgan fingerprint density at radius 2 is 1.72 bits per heavy atom. The molecule has 32 heavy (non-hydrogen) atoms. The number of likely N-dealkylation sites (tertiary alicyclic amines) is 1. The highest BCUT2D eigenvalue weighted by atomic mass is 16.3. The van der Waals surface area contributed by atoms with Gasteiger partial charge >= 0.3 is 0 Å². The maximum atomic E-state index is 12.5. The number of rotatable bonds is 7. The van der Waals surface area contributed by atoms with Gasteiger partial charge in [0, 0.05) is 30.4 Å². The fourth-order valence-electron chi connectivity index (χ4n) is 3.98. The first-order chi connectivity index (χ1) is 15.6. The Bertz CT molecular complexity index is 1030. The Labute approximate surface area is 188 Å². The molecule has 0 spiro atoms. The van der Waals surface area contributed by atoms with E-state index in [0.29, 0.717) is 23.8 Å². The van der Waals surface area contributed by atoms with Gasteiger partial charge in [-0.2, -0.15) is 0 Å². The molecule has 0 saturated carbocycles. The lowest BCUT2D eigenvalue weighted by Crippen LogP contribution is -2.36. The van der Waals surface area contributed by atoms with Crippen LogP contribution in [0.2, 0.25) is 0 Å².